The van der Waals surface area contributed by atoms with E-state index < -0.39 is 0 Å². The highest BCUT2D eigenvalue weighted by Crippen LogP contribution is 2.00. The van der Waals surface area contributed by atoms with Crippen molar-refractivity contribution in [1.29, 1.82) is 0 Å². The van der Waals surface area contributed by atoms with Crippen LogP contribution in [0.5, 0.6) is 0 Å². The van der Waals surface area contributed by atoms with Crippen molar-refractivity contribution in [3.63, 3.8) is 0 Å². The van der Waals surface area contributed by atoms with Crippen molar-refractivity contribution in [2.45, 2.75) is 13.8 Å². The van der Waals surface area contributed by atoms with Gasteiger partial charge < -0.3 is 15.8 Å². The Morgan fingerprint density at radius 2 is 2.24 bits per heavy atom. The summed E-state index contributed by atoms with van der Waals surface area (Å²) in [7, 11) is 1.61. The van der Waals surface area contributed by atoms with Crippen LogP contribution in [0, 0.1) is 5.92 Å². The highest BCUT2D eigenvalue weighted by atomic mass is 32.1. The summed E-state index contributed by atoms with van der Waals surface area (Å²) in [4.78, 5) is 14.1. The van der Waals surface area contributed by atoms with Crippen LogP contribution >= 0.6 is 12.2 Å². The number of nitrogens with two attached hydrogens (primary N) is 1. The molecule has 0 rings (SSSR count). The van der Waals surface area contributed by atoms with Crippen LogP contribution in [0.1, 0.15) is 13.8 Å². The Bertz CT molecular complexity index is 249. The number of nitrogens with one attached hydrogen (secondary N) is 1. The maximum atomic E-state index is 11.6. The van der Waals surface area contributed by atoms with Crippen LogP contribution in [0.3, 0.4) is 0 Å². The summed E-state index contributed by atoms with van der Waals surface area (Å²) in [6, 6.07) is 0. The Hall–Kier alpha value is -0.720. The first-order chi connectivity index (χ1) is 8.01. The van der Waals surface area contributed by atoms with Gasteiger partial charge in [0.1, 0.15) is 0 Å². The summed E-state index contributed by atoms with van der Waals surface area (Å²) in [5, 5.41) is 2.78. The first-order valence-electron chi connectivity index (χ1n) is 5.78. The van der Waals surface area contributed by atoms with Gasteiger partial charge in [0.2, 0.25) is 5.91 Å². The average Bonchev–Trinajstić information content (AvgIpc) is 2.28. The zero-order valence-corrected chi connectivity index (χ0v) is 11.7. The number of rotatable bonds is 9. The maximum Gasteiger partial charge on any atom is 0.234 e. The lowest BCUT2D eigenvalue weighted by molar-refractivity contribution is -0.122. The van der Waals surface area contributed by atoms with E-state index in [0.717, 1.165) is 6.54 Å². The zero-order valence-electron chi connectivity index (χ0n) is 10.9. The van der Waals surface area contributed by atoms with Crippen LogP contribution in [-0.4, -0.2) is 55.7 Å². The van der Waals surface area contributed by atoms with Crippen LogP contribution in [0.25, 0.3) is 0 Å². The third-order valence-electron chi connectivity index (χ3n) is 2.46. The van der Waals surface area contributed by atoms with E-state index in [2.05, 4.69) is 5.32 Å². The predicted octanol–water partition coefficient (Wildman–Crippen LogP) is -0.00690. The third-order valence-corrected chi connectivity index (χ3v) is 2.86. The molecule has 1 amide bonds. The molecule has 0 aromatic carbocycles. The summed E-state index contributed by atoms with van der Waals surface area (Å²) < 4.78 is 4.86. The molecule has 17 heavy (non-hydrogen) atoms. The Labute approximate surface area is 109 Å². The van der Waals surface area contributed by atoms with Crippen molar-refractivity contribution < 1.29 is 9.53 Å². The quantitative estimate of drug-likeness (QED) is 0.451. The van der Waals surface area contributed by atoms with E-state index in [9.17, 15) is 4.79 Å². The molecule has 0 aliphatic rings. The second-order valence-electron chi connectivity index (χ2n) is 3.97. The van der Waals surface area contributed by atoms with Crippen LogP contribution in [0.4, 0.5) is 0 Å². The minimum Gasteiger partial charge on any atom is -0.393 e. The highest BCUT2D eigenvalue weighted by Gasteiger charge is 2.13. The van der Waals surface area contributed by atoms with Gasteiger partial charge in [0, 0.05) is 26.1 Å². The van der Waals surface area contributed by atoms with E-state index in [1.807, 2.05) is 18.7 Å². The van der Waals surface area contributed by atoms with Gasteiger partial charge in [-0.1, -0.05) is 26.1 Å². The van der Waals surface area contributed by atoms with Crippen molar-refractivity contribution >= 4 is 23.1 Å². The number of methoxy groups -OCH3 is 1. The van der Waals surface area contributed by atoms with Crippen molar-refractivity contribution in [2.75, 3.05) is 39.9 Å². The normalized spacial score (nSPS) is 12.5. The Balaban J connectivity index is 3.95. The summed E-state index contributed by atoms with van der Waals surface area (Å²) in [5.74, 6) is 0.121. The summed E-state index contributed by atoms with van der Waals surface area (Å²) >= 11 is 4.92. The van der Waals surface area contributed by atoms with Crippen molar-refractivity contribution in [3.05, 3.63) is 0 Å². The fraction of sp³-hybridized carbons (Fsp3) is 0.818. The van der Waals surface area contributed by atoms with E-state index in [1.54, 1.807) is 7.11 Å². The molecule has 0 bridgehead atoms. The molecule has 0 fully saturated rings. The van der Waals surface area contributed by atoms with E-state index in [0.29, 0.717) is 31.2 Å². The standard InChI is InChI=1S/C11H23N3O2S/c1-4-14(7-9(2)11(12)17)8-10(15)13-5-6-16-3/h9H,4-8H2,1-3H3,(H2,12,17)(H,13,15). The van der Waals surface area contributed by atoms with E-state index >= 15 is 0 Å². The molecule has 5 nitrogen and oxygen atoms in total. The number of carbonyl (C=O) groups excluding carboxylic acids is 1. The van der Waals surface area contributed by atoms with Gasteiger partial charge >= 0.3 is 0 Å². The van der Waals surface area contributed by atoms with E-state index in [1.165, 1.54) is 0 Å². The molecule has 0 aliphatic heterocycles. The number of ether oxygens (including phenoxy) is 1. The van der Waals surface area contributed by atoms with Gasteiger partial charge in [-0.05, 0) is 6.54 Å². The molecule has 0 heterocycles. The Morgan fingerprint density at radius 3 is 2.71 bits per heavy atom. The molecule has 0 aromatic heterocycles. The monoisotopic (exact) mass is 261 g/mol. The molecular formula is C11H23N3O2S. The summed E-state index contributed by atoms with van der Waals surface area (Å²) in [6.07, 6.45) is 0. The largest absolute Gasteiger partial charge is 0.393 e. The molecule has 0 saturated carbocycles. The number of amides is 1. The summed E-state index contributed by atoms with van der Waals surface area (Å²) in [6.45, 7) is 6.92. The number of thiocarbonyl (C=S) groups is 1. The van der Waals surface area contributed by atoms with E-state index in [-0.39, 0.29) is 11.8 Å². The van der Waals surface area contributed by atoms with Gasteiger partial charge in [-0.3, -0.25) is 9.69 Å². The lowest BCUT2D eigenvalue weighted by atomic mass is 10.1. The second kappa shape index (κ2) is 9.32. The number of hydrogen-bond donors (Lipinski definition) is 2. The first kappa shape index (κ1) is 16.3. The Morgan fingerprint density at radius 1 is 1.59 bits per heavy atom. The van der Waals surface area contributed by atoms with Crippen molar-refractivity contribution in [3.8, 4) is 0 Å². The molecule has 6 heteroatoms. The summed E-state index contributed by atoms with van der Waals surface area (Å²) in [5.41, 5.74) is 5.56. The SMILES string of the molecule is CCN(CC(=O)NCCOC)CC(C)C(N)=S. The maximum absolute atomic E-state index is 11.6. The van der Waals surface area contributed by atoms with Gasteiger partial charge in [-0.2, -0.15) is 0 Å². The molecular weight excluding hydrogens is 238 g/mol. The van der Waals surface area contributed by atoms with Gasteiger partial charge in [0.05, 0.1) is 18.1 Å². The minimum absolute atomic E-state index is 0.000889. The molecule has 0 saturated heterocycles. The first-order valence-corrected chi connectivity index (χ1v) is 6.19. The molecule has 1 unspecified atom stereocenters. The number of likely N-dealkylation sites (N-methyl/N-ethyl adjacent to an activating group) is 1. The van der Waals surface area contributed by atoms with Crippen LogP contribution in [0.2, 0.25) is 0 Å². The van der Waals surface area contributed by atoms with Crippen molar-refractivity contribution in [2.24, 2.45) is 11.7 Å². The van der Waals surface area contributed by atoms with Crippen LogP contribution in [-0.2, 0) is 9.53 Å². The average molecular weight is 261 g/mol. The predicted molar refractivity (Wildman–Crippen MR) is 72.9 cm³/mol. The molecule has 0 aliphatic carbocycles. The minimum atomic E-state index is -0.000889. The Kier molecular flexibility index (Phi) is 8.93. The topological polar surface area (TPSA) is 67.6 Å². The van der Waals surface area contributed by atoms with Crippen LogP contribution < -0.4 is 11.1 Å². The van der Waals surface area contributed by atoms with E-state index in [4.69, 9.17) is 22.7 Å². The lowest BCUT2D eigenvalue weighted by Gasteiger charge is -2.23. The molecule has 3 N–H and O–H groups in total. The highest BCUT2D eigenvalue weighted by molar-refractivity contribution is 7.80. The third kappa shape index (κ3) is 8.06. The molecule has 0 spiro atoms. The molecule has 100 valence electrons. The van der Waals surface area contributed by atoms with Crippen LogP contribution in [0.15, 0.2) is 0 Å². The lowest BCUT2D eigenvalue weighted by Crippen LogP contribution is -2.41. The molecule has 0 aromatic rings. The fourth-order valence-electron chi connectivity index (χ4n) is 1.33. The number of carbonyl (C=O) groups is 1. The van der Waals surface area contributed by atoms with Gasteiger partial charge in [-0.25, -0.2) is 0 Å². The van der Waals surface area contributed by atoms with Gasteiger partial charge in [0.15, 0.2) is 0 Å². The van der Waals surface area contributed by atoms with Gasteiger partial charge in [-0.15, -0.1) is 0 Å². The smallest absolute Gasteiger partial charge is 0.234 e. The molecule has 1 atom stereocenters. The number of hydrogen-bond acceptors (Lipinski definition) is 4. The zero-order chi connectivity index (χ0) is 13.3. The fourth-order valence-corrected chi connectivity index (χ4v) is 1.41. The van der Waals surface area contributed by atoms with Gasteiger partial charge in [0.25, 0.3) is 0 Å². The van der Waals surface area contributed by atoms with Crippen molar-refractivity contribution in [1.82, 2.24) is 10.2 Å². The molecule has 0 radical (unpaired) electrons. The number of nitrogens with zero attached hydrogens (tertiary/aromatic N) is 1. The second-order valence-corrected chi connectivity index (χ2v) is 4.45.